The zero-order chi connectivity index (χ0) is 54.2. The molecule has 0 aliphatic rings. The number of nitrogens with one attached hydrogen (secondary N) is 1. The van der Waals surface area contributed by atoms with Gasteiger partial charge in [0.05, 0.1) is 39.9 Å². The average Bonchev–Trinajstić information content (AvgIpc) is 3.36. The van der Waals surface area contributed by atoms with Gasteiger partial charge in [-0.1, -0.05) is 223 Å². The van der Waals surface area contributed by atoms with Crippen LogP contribution in [0.4, 0.5) is 0 Å². The lowest BCUT2D eigenvalue weighted by atomic mass is 10.1. The lowest BCUT2D eigenvalue weighted by Gasteiger charge is -2.25. The SMILES string of the molecule is CC/C=C\C/C=C\C/C=C\C/C=C\C/C=C\C/C=C\C/C=C\C/C=C\C/C=C\C/C=C\C/C=C\C/C=C\CCCCC(=O)NC(COP(=O)(O)OCC[N+](C)(C)C)C(O)/C=C/CC/C=C/CCCCCCCCC. The van der Waals surface area contributed by atoms with E-state index in [4.69, 9.17) is 9.05 Å². The summed E-state index contributed by atoms with van der Waals surface area (Å²) in [6.07, 6.45) is 86.1. The van der Waals surface area contributed by atoms with Gasteiger partial charge in [0.25, 0.3) is 0 Å². The number of hydrogen-bond donors (Lipinski definition) is 3. The first-order chi connectivity index (χ1) is 36.0. The van der Waals surface area contributed by atoms with Crippen molar-refractivity contribution in [2.75, 3.05) is 40.9 Å². The number of carbonyl (C=O) groups is 1. The molecule has 416 valence electrons. The van der Waals surface area contributed by atoms with E-state index in [0.717, 1.165) is 109 Å². The molecule has 0 saturated heterocycles. The van der Waals surface area contributed by atoms with Gasteiger partial charge in [0.2, 0.25) is 5.91 Å². The molecule has 0 spiro atoms. The fraction of sp³-hybridized carbons (Fsp3) is 0.554. The third kappa shape index (κ3) is 55.6. The van der Waals surface area contributed by atoms with Crippen molar-refractivity contribution < 1.29 is 32.9 Å². The standard InChI is InChI=1S/C65H105N2O6P/c1-6-8-10-12-14-16-18-20-21-22-23-24-25-26-27-28-29-30-31-32-33-34-35-36-37-38-39-40-41-42-43-44-45-47-49-51-53-55-57-59-65(69)66-63(62-73-74(70,71)72-61-60-67(3,4)5)64(68)58-56-54-52-50-48-46-19-17-15-13-11-9-7-2/h8,10,14,16,20-21,23-24,26-27,29-30,32-33,35-36,38-39,41-42,44-45,48-51,56,58,63-64,68H,6-7,9,11-13,15,17-19,22,25,28,31,34,37,40,43,46-47,52-55,57,59-62H2,1-5H3,(H-,66,69,70,71)/p+1/b10-8-,16-14-,21-20-,24-23-,27-26-,30-29-,33-32-,36-35-,39-38-,42-41-,45-44-,50-48+,51-49-,58-56+. The van der Waals surface area contributed by atoms with Gasteiger partial charge in [0, 0.05) is 6.42 Å². The number of amides is 1. The maximum absolute atomic E-state index is 12.9. The highest BCUT2D eigenvalue weighted by molar-refractivity contribution is 7.47. The molecule has 0 saturated carbocycles. The van der Waals surface area contributed by atoms with E-state index in [2.05, 4.69) is 177 Å². The minimum absolute atomic E-state index is 0.0378. The van der Waals surface area contributed by atoms with Crippen LogP contribution in [0.1, 0.15) is 181 Å². The molecule has 0 rings (SSSR count). The fourth-order valence-electron chi connectivity index (χ4n) is 6.98. The Kier molecular flexibility index (Phi) is 50.7. The van der Waals surface area contributed by atoms with Crippen molar-refractivity contribution >= 4 is 13.7 Å². The second-order valence-corrected chi connectivity index (χ2v) is 21.0. The maximum Gasteiger partial charge on any atom is 0.472 e. The molecule has 0 radical (unpaired) electrons. The van der Waals surface area contributed by atoms with Gasteiger partial charge in [0.1, 0.15) is 13.2 Å². The molecule has 0 aliphatic heterocycles. The lowest BCUT2D eigenvalue weighted by molar-refractivity contribution is -0.870. The monoisotopic (exact) mass is 1040 g/mol. The molecule has 0 heterocycles. The molecule has 9 heteroatoms. The normalized spacial score (nSPS) is 15.2. The van der Waals surface area contributed by atoms with E-state index < -0.39 is 20.0 Å². The molecule has 0 bridgehead atoms. The summed E-state index contributed by atoms with van der Waals surface area (Å²) in [4.78, 5) is 23.2. The zero-order valence-electron chi connectivity index (χ0n) is 47.2. The number of nitrogens with zero attached hydrogens (tertiary/aromatic N) is 1. The van der Waals surface area contributed by atoms with Crippen LogP contribution in [0.15, 0.2) is 170 Å². The minimum atomic E-state index is -4.38. The molecule has 0 aromatic heterocycles. The van der Waals surface area contributed by atoms with Gasteiger partial charge in [-0.25, -0.2) is 4.57 Å². The Bertz CT molecular complexity index is 1800. The molecule has 3 unspecified atom stereocenters. The summed E-state index contributed by atoms with van der Waals surface area (Å²) in [6, 6.07) is -0.899. The van der Waals surface area contributed by atoms with Crippen molar-refractivity contribution in [1.29, 1.82) is 0 Å². The number of unbranched alkanes of at least 4 members (excludes halogenated alkanes) is 10. The molecule has 0 aromatic rings. The van der Waals surface area contributed by atoms with Crippen molar-refractivity contribution in [3.05, 3.63) is 170 Å². The molecule has 1 amide bonds. The number of phosphoric acid groups is 1. The fourth-order valence-corrected chi connectivity index (χ4v) is 7.71. The second-order valence-electron chi connectivity index (χ2n) is 19.6. The summed E-state index contributed by atoms with van der Waals surface area (Å²) in [5, 5.41) is 13.8. The first kappa shape index (κ1) is 69.9. The third-order valence-electron chi connectivity index (χ3n) is 11.4. The highest BCUT2D eigenvalue weighted by atomic mass is 31.2. The van der Waals surface area contributed by atoms with Gasteiger partial charge < -0.3 is 19.8 Å². The molecule has 0 aliphatic carbocycles. The topological polar surface area (TPSA) is 105 Å². The highest BCUT2D eigenvalue weighted by Gasteiger charge is 2.27. The van der Waals surface area contributed by atoms with Crippen LogP contribution >= 0.6 is 7.82 Å². The van der Waals surface area contributed by atoms with Gasteiger partial charge in [-0.2, -0.15) is 0 Å². The van der Waals surface area contributed by atoms with Gasteiger partial charge in [0.15, 0.2) is 0 Å². The van der Waals surface area contributed by atoms with Gasteiger partial charge in [-0.15, -0.1) is 0 Å². The van der Waals surface area contributed by atoms with Crippen molar-refractivity contribution in [3.63, 3.8) is 0 Å². The van der Waals surface area contributed by atoms with Crippen LogP contribution in [0.2, 0.25) is 0 Å². The summed E-state index contributed by atoms with van der Waals surface area (Å²) < 4.78 is 23.6. The number of aliphatic hydroxyl groups excluding tert-OH is 1. The Morgan fingerprint density at radius 3 is 1.24 bits per heavy atom. The van der Waals surface area contributed by atoms with Gasteiger partial charge >= 0.3 is 7.82 Å². The summed E-state index contributed by atoms with van der Waals surface area (Å²) in [7, 11) is 1.50. The van der Waals surface area contributed by atoms with E-state index in [9.17, 15) is 19.4 Å². The van der Waals surface area contributed by atoms with Crippen LogP contribution in [0.5, 0.6) is 0 Å². The van der Waals surface area contributed by atoms with Crippen molar-refractivity contribution in [1.82, 2.24) is 5.32 Å². The van der Waals surface area contributed by atoms with Gasteiger partial charge in [-0.05, 0) is 122 Å². The van der Waals surface area contributed by atoms with Crippen LogP contribution < -0.4 is 5.32 Å². The molecule has 0 fully saturated rings. The second kappa shape index (κ2) is 53.7. The summed E-state index contributed by atoms with van der Waals surface area (Å²) in [5.41, 5.74) is 0. The lowest BCUT2D eigenvalue weighted by Crippen LogP contribution is -2.45. The Hall–Kier alpha value is -4.14. The first-order valence-electron chi connectivity index (χ1n) is 28.5. The van der Waals surface area contributed by atoms with Crippen molar-refractivity contribution in [3.8, 4) is 0 Å². The number of likely N-dealkylation sites (N-methyl/N-ethyl adjacent to an activating group) is 1. The van der Waals surface area contributed by atoms with Crippen LogP contribution in [0.3, 0.4) is 0 Å². The van der Waals surface area contributed by atoms with Crippen molar-refractivity contribution in [2.45, 2.75) is 193 Å². The largest absolute Gasteiger partial charge is 0.472 e. The van der Waals surface area contributed by atoms with Gasteiger partial charge in [-0.3, -0.25) is 13.8 Å². The van der Waals surface area contributed by atoms with Crippen LogP contribution in [-0.4, -0.2) is 73.4 Å². The molecule has 3 atom stereocenters. The minimum Gasteiger partial charge on any atom is -0.387 e. The smallest absolute Gasteiger partial charge is 0.387 e. The van der Waals surface area contributed by atoms with E-state index in [1.807, 2.05) is 27.2 Å². The first-order valence-corrected chi connectivity index (χ1v) is 30.0. The van der Waals surface area contributed by atoms with E-state index >= 15 is 0 Å². The Balaban J connectivity index is 4.29. The number of carbonyl (C=O) groups excluding carboxylic acids is 1. The van der Waals surface area contributed by atoms with E-state index in [-0.39, 0.29) is 25.5 Å². The molecule has 8 nitrogen and oxygen atoms in total. The van der Waals surface area contributed by atoms with Crippen molar-refractivity contribution in [2.24, 2.45) is 0 Å². The van der Waals surface area contributed by atoms with Crippen LogP contribution in [0.25, 0.3) is 0 Å². The molecule has 3 N–H and O–H groups in total. The summed E-state index contributed by atoms with van der Waals surface area (Å²) in [5.74, 6) is -0.238. The molecule has 0 aromatic carbocycles. The molecular formula is C65H106N2O6P+. The number of allylic oxidation sites excluding steroid dienone is 27. The number of quaternary nitrogens is 1. The number of phosphoric ester groups is 1. The van der Waals surface area contributed by atoms with E-state index in [1.54, 1.807) is 6.08 Å². The number of rotatable bonds is 49. The molecule has 74 heavy (non-hydrogen) atoms. The Morgan fingerprint density at radius 2 is 0.824 bits per heavy atom. The number of hydrogen-bond acceptors (Lipinski definition) is 5. The highest BCUT2D eigenvalue weighted by Crippen LogP contribution is 2.43. The summed E-state index contributed by atoms with van der Waals surface area (Å²) in [6.45, 7) is 4.60. The average molecular weight is 1040 g/mol. The predicted octanol–water partition coefficient (Wildman–Crippen LogP) is 17.6. The maximum atomic E-state index is 12.9. The third-order valence-corrected chi connectivity index (χ3v) is 12.4. The van der Waals surface area contributed by atoms with Crippen LogP contribution in [0, 0.1) is 0 Å². The summed E-state index contributed by atoms with van der Waals surface area (Å²) >= 11 is 0. The Morgan fingerprint density at radius 1 is 0.473 bits per heavy atom. The van der Waals surface area contributed by atoms with E-state index in [0.29, 0.717) is 17.4 Å². The Labute approximate surface area is 453 Å². The van der Waals surface area contributed by atoms with E-state index in [1.165, 1.54) is 44.9 Å². The number of aliphatic hydroxyl groups is 1. The van der Waals surface area contributed by atoms with Crippen LogP contribution in [-0.2, 0) is 18.4 Å². The zero-order valence-corrected chi connectivity index (χ0v) is 48.1. The quantitative estimate of drug-likeness (QED) is 0.0243. The molecular weight excluding hydrogens is 936 g/mol. The predicted molar refractivity (Wildman–Crippen MR) is 322 cm³/mol.